The lowest BCUT2D eigenvalue weighted by molar-refractivity contribution is 0.590. The zero-order valence-corrected chi connectivity index (χ0v) is 12.5. The van der Waals surface area contributed by atoms with E-state index in [0.717, 1.165) is 16.9 Å². The molecular weight excluding hydrogens is 271 g/mol. The molecule has 0 spiro atoms. The van der Waals surface area contributed by atoms with Gasteiger partial charge in [0.25, 0.3) is 0 Å². The summed E-state index contributed by atoms with van der Waals surface area (Å²) in [6.45, 7) is 3.97. The summed E-state index contributed by atoms with van der Waals surface area (Å²) in [5.74, 6) is 6.15. The van der Waals surface area contributed by atoms with E-state index in [1.807, 2.05) is 25.1 Å². The largest absolute Gasteiger partial charge is 0.271 e. The lowest BCUT2D eigenvalue weighted by atomic mass is 10.1. The molecule has 2 nitrogen and oxygen atoms in total. The fourth-order valence-corrected chi connectivity index (χ4v) is 3.20. The van der Waals surface area contributed by atoms with Gasteiger partial charge in [0.05, 0.1) is 6.04 Å². The van der Waals surface area contributed by atoms with Crippen LogP contribution in [-0.2, 0) is 0 Å². The summed E-state index contributed by atoms with van der Waals surface area (Å²) in [4.78, 5) is 1.22. The Morgan fingerprint density at radius 1 is 1.20 bits per heavy atom. The highest BCUT2D eigenvalue weighted by molar-refractivity contribution is 7.99. The van der Waals surface area contributed by atoms with Gasteiger partial charge in [-0.1, -0.05) is 24.3 Å². The fourth-order valence-electron chi connectivity index (χ4n) is 2.10. The van der Waals surface area contributed by atoms with Crippen LogP contribution in [0.25, 0.3) is 0 Å². The molecule has 2 aromatic rings. The minimum Gasteiger partial charge on any atom is -0.271 e. The second-order valence-electron chi connectivity index (χ2n) is 4.86. The van der Waals surface area contributed by atoms with Crippen molar-refractivity contribution in [2.45, 2.75) is 24.8 Å². The van der Waals surface area contributed by atoms with Gasteiger partial charge in [-0.15, -0.1) is 11.8 Å². The Kier molecular flexibility index (Phi) is 5.17. The van der Waals surface area contributed by atoms with Gasteiger partial charge in [0.2, 0.25) is 0 Å². The Balaban J connectivity index is 2.11. The molecule has 1 unspecified atom stereocenters. The molecule has 0 heterocycles. The Morgan fingerprint density at radius 2 is 1.95 bits per heavy atom. The molecule has 0 saturated heterocycles. The van der Waals surface area contributed by atoms with Crippen molar-refractivity contribution in [3.05, 3.63) is 65.0 Å². The van der Waals surface area contributed by atoms with Crippen molar-refractivity contribution in [2.24, 2.45) is 5.84 Å². The maximum atomic E-state index is 13.5. The van der Waals surface area contributed by atoms with Crippen LogP contribution in [0, 0.1) is 19.7 Å². The Morgan fingerprint density at radius 3 is 2.60 bits per heavy atom. The minimum atomic E-state index is -0.221. The Hall–Kier alpha value is -1.36. The van der Waals surface area contributed by atoms with Gasteiger partial charge in [-0.2, -0.15) is 0 Å². The molecule has 0 saturated carbocycles. The maximum absolute atomic E-state index is 13.5. The predicted molar refractivity (Wildman–Crippen MR) is 83.1 cm³/mol. The van der Waals surface area contributed by atoms with E-state index in [-0.39, 0.29) is 11.9 Å². The third-order valence-corrected chi connectivity index (χ3v) is 4.44. The summed E-state index contributed by atoms with van der Waals surface area (Å²) in [5, 5.41) is 0. The van der Waals surface area contributed by atoms with Crippen molar-refractivity contribution in [3.8, 4) is 0 Å². The van der Waals surface area contributed by atoms with Gasteiger partial charge in [0.15, 0.2) is 0 Å². The highest BCUT2D eigenvalue weighted by Crippen LogP contribution is 2.27. The van der Waals surface area contributed by atoms with Gasteiger partial charge < -0.3 is 0 Å². The van der Waals surface area contributed by atoms with Gasteiger partial charge in [-0.25, -0.2) is 4.39 Å². The molecule has 20 heavy (non-hydrogen) atoms. The zero-order chi connectivity index (χ0) is 14.5. The molecule has 0 bridgehead atoms. The summed E-state index contributed by atoms with van der Waals surface area (Å²) < 4.78 is 13.5. The molecule has 106 valence electrons. The van der Waals surface area contributed by atoms with E-state index in [9.17, 15) is 4.39 Å². The topological polar surface area (TPSA) is 38.0 Å². The second kappa shape index (κ2) is 6.88. The fraction of sp³-hybridized carbons (Fsp3) is 0.250. The summed E-state index contributed by atoms with van der Waals surface area (Å²) in [7, 11) is 0. The number of hydrogen-bond donors (Lipinski definition) is 2. The Bertz CT molecular complexity index is 566. The number of aryl methyl sites for hydroxylation is 2. The first-order chi connectivity index (χ1) is 9.60. The van der Waals surface area contributed by atoms with Crippen LogP contribution in [0.4, 0.5) is 4.39 Å². The van der Waals surface area contributed by atoms with Crippen LogP contribution in [-0.4, -0.2) is 5.75 Å². The van der Waals surface area contributed by atoms with Crippen molar-refractivity contribution in [1.82, 2.24) is 5.43 Å². The van der Waals surface area contributed by atoms with Crippen molar-refractivity contribution in [1.29, 1.82) is 0 Å². The van der Waals surface area contributed by atoms with E-state index in [1.54, 1.807) is 11.8 Å². The molecule has 0 aliphatic rings. The number of halogens is 1. The first-order valence-electron chi connectivity index (χ1n) is 6.52. The van der Waals surface area contributed by atoms with E-state index in [0.29, 0.717) is 0 Å². The van der Waals surface area contributed by atoms with Crippen LogP contribution >= 0.6 is 11.8 Å². The number of nitrogens with two attached hydrogens (primary N) is 1. The maximum Gasteiger partial charge on any atom is 0.123 e. The van der Waals surface area contributed by atoms with Crippen LogP contribution in [0.15, 0.2) is 47.4 Å². The molecular formula is C16H19FN2S. The molecule has 0 radical (unpaired) electrons. The van der Waals surface area contributed by atoms with E-state index < -0.39 is 0 Å². The zero-order valence-electron chi connectivity index (χ0n) is 11.7. The van der Waals surface area contributed by atoms with Gasteiger partial charge in [0, 0.05) is 10.6 Å². The number of rotatable bonds is 5. The number of benzene rings is 2. The van der Waals surface area contributed by atoms with Crippen molar-refractivity contribution in [2.75, 3.05) is 5.75 Å². The van der Waals surface area contributed by atoms with E-state index in [4.69, 9.17) is 5.84 Å². The molecule has 0 amide bonds. The third kappa shape index (κ3) is 3.82. The van der Waals surface area contributed by atoms with E-state index in [2.05, 4.69) is 24.5 Å². The van der Waals surface area contributed by atoms with Crippen LogP contribution in [0.3, 0.4) is 0 Å². The monoisotopic (exact) mass is 290 g/mol. The molecule has 0 aliphatic carbocycles. The lowest BCUT2D eigenvalue weighted by Gasteiger charge is -2.17. The quantitative estimate of drug-likeness (QED) is 0.500. The highest BCUT2D eigenvalue weighted by Gasteiger charge is 2.12. The van der Waals surface area contributed by atoms with E-state index in [1.165, 1.54) is 22.6 Å². The first kappa shape index (κ1) is 15.0. The number of hydrazine groups is 1. The summed E-state index contributed by atoms with van der Waals surface area (Å²) >= 11 is 1.72. The minimum absolute atomic E-state index is 0.0750. The van der Waals surface area contributed by atoms with Crippen LogP contribution in [0.1, 0.15) is 22.7 Å². The van der Waals surface area contributed by atoms with Crippen molar-refractivity contribution >= 4 is 11.8 Å². The Labute approximate surface area is 123 Å². The summed E-state index contributed by atoms with van der Waals surface area (Å²) in [6, 6.07) is 13.2. The van der Waals surface area contributed by atoms with Gasteiger partial charge in [-0.3, -0.25) is 11.3 Å². The van der Waals surface area contributed by atoms with Crippen LogP contribution in [0.2, 0.25) is 0 Å². The molecule has 2 aromatic carbocycles. The number of nitrogens with one attached hydrogen (secondary N) is 1. The summed E-state index contributed by atoms with van der Waals surface area (Å²) in [6.07, 6.45) is 0. The predicted octanol–water partition coefficient (Wildman–Crippen LogP) is 3.74. The molecule has 4 heteroatoms. The molecule has 0 aliphatic heterocycles. The average Bonchev–Trinajstić information content (AvgIpc) is 2.40. The average molecular weight is 290 g/mol. The smallest absolute Gasteiger partial charge is 0.123 e. The van der Waals surface area contributed by atoms with Crippen LogP contribution < -0.4 is 11.3 Å². The third-order valence-electron chi connectivity index (χ3n) is 3.17. The molecule has 0 fully saturated rings. The summed E-state index contributed by atoms with van der Waals surface area (Å²) in [5.41, 5.74) is 5.80. The van der Waals surface area contributed by atoms with Gasteiger partial charge >= 0.3 is 0 Å². The number of hydrogen-bond acceptors (Lipinski definition) is 3. The normalized spacial score (nSPS) is 12.4. The van der Waals surface area contributed by atoms with Gasteiger partial charge in [-0.05, 0) is 48.7 Å². The molecule has 0 aromatic heterocycles. The van der Waals surface area contributed by atoms with Gasteiger partial charge in [0.1, 0.15) is 5.82 Å². The number of thioether (sulfide) groups is 1. The lowest BCUT2D eigenvalue weighted by Crippen LogP contribution is -2.29. The molecule has 2 rings (SSSR count). The molecule has 3 N–H and O–H groups in total. The first-order valence-corrected chi connectivity index (χ1v) is 7.50. The van der Waals surface area contributed by atoms with Crippen molar-refractivity contribution in [3.63, 3.8) is 0 Å². The van der Waals surface area contributed by atoms with Crippen LogP contribution in [0.5, 0.6) is 0 Å². The van der Waals surface area contributed by atoms with Crippen molar-refractivity contribution < 1.29 is 4.39 Å². The SMILES string of the molecule is Cc1cc(F)cc(C(CSc2ccccc2C)NN)c1. The van der Waals surface area contributed by atoms with E-state index >= 15 is 0 Å². The highest BCUT2D eigenvalue weighted by atomic mass is 32.2. The standard InChI is InChI=1S/C16H19FN2S/c1-11-7-13(9-14(17)8-11)15(19-18)10-20-16-6-4-3-5-12(16)2/h3-9,15,19H,10,18H2,1-2H3. The second-order valence-corrected chi connectivity index (χ2v) is 5.92. The molecule has 1 atom stereocenters.